The molecule has 23 heavy (non-hydrogen) atoms. The first kappa shape index (κ1) is 13.8. The molecule has 0 aliphatic rings. The molecule has 0 aliphatic carbocycles. The Labute approximate surface area is 136 Å². The van der Waals surface area contributed by atoms with Crippen LogP contribution in [0.5, 0.6) is 0 Å². The van der Waals surface area contributed by atoms with Crippen molar-refractivity contribution in [2.75, 3.05) is 12.0 Å². The third-order valence-electron chi connectivity index (χ3n) is 3.59. The second-order valence-corrected chi connectivity index (χ2v) is 5.84. The Hall–Kier alpha value is -2.80. The van der Waals surface area contributed by atoms with Crippen LogP contribution in [0.25, 0.3) is 28.2 Å². The van der Waals surface area contributed by atoms with Crippen LogP contribution in [0, 0.1) is 0 Å². The van der Waals surface area contributed by atoms with Crippen LogP contribution in [-0.2, 0) is 0 Å². The number of nitrogen functional groups attached to an aromatic ring is 1. The minimum Gasteiger partial charge on any atom is -0.404 e. The summed E-state index contributed by atoms with van der Waals surface area (Å²) in [5, 5.41) is 7.62. The van der Waals surface area contributed by atoms with Gasteiger partial charge in [-0.2, -0.15) is 0 Å². The number of hydrogen-bond acceptors (Lipinski definition) is 6. The van der Waals surface area contributed by atoms with E-state index < -0.39 is 0 Å². The van der Waals surface area contributed by atoms with Gasteiger partial charge in [0.1, 0.15) is 6.33 Å². The summed E-state index contributed by atoms with van der Waals surface area (Å²) in [6.45, 7) is 0. The van der Waals surface area contributed by atoms with Crippen LogP contribution in [0.4, 0.5) is 6.01 Å². The number of aromatic nitrogens is 4. The van der Waals surface area contributed by atoms with Gasteiger partial charge in [0.25, 0.3) is 0 Å². The molecule has 4 aromatic rings. The minimum absolute atomic E-state index is 0.0567. The highest BCUT2D eigenvalue weighted by Gasteiger charge is 2.10. The highest BCUT2D eigenvalue weighted by molar-refractivity contribution is 7.98. The van der Waals surface area contributed by atoms with Gasteiger partial charge in [0.05, 0.1) is 11.0 Å². The molecule has 0 spiro atoms. The van der Waals surface area contributed by atoms with Gasteiger partial charge in [-0.1, -0.05) is 5.10 Å². The molecule has 114 valence electrons. The lowest BCUT2D eigenvalue weighted by molar-refractivity contribution is 0.590. The number of rotatable bonds is 3. The second-order valence-electron chi connectivity index (χ2n) is 4.96. The lowest BCUT2D eigenvalue weighted by atomic mass is 10.2. The van der Waals surface area contributed by atoms with Crippen molar-refractivity contribution in [1.82, 2.24) is 19.7 Å². The van der Waals surface area contributed by atoms with Crippen LogP contribution in [0.15, 0.2) is 58.1 Å². The van der Waals surface area contributed by atoms with Crippen molar-refractivity contribution in [3.63, 3.8) is 0 Å². The van der Waals surface area contributed by atoms with E-state index in [9.17, 15) is 0 Å². The monoisotopic (exact) mass is 323 g/mol. The lowest BCUT2D eigenvalue weighted by Crippen LogP contribution is -1.92. The molecule has 0 saturated carbocycles. The summed E-state index contributed by atoms with van der Waals surface area (Å²) in [5.74, 6) is 0.398. The van der Waals surface area contributed by atoms with Gasteiger partial charge in [0.2, 0.25) is 5.89 Å². The van der Waals surface area contributed by atoms with E-state index in [1.807, 2.05) is 29.1 Å². The molecule has 0 atom stereocenters. The van der Waals surface area contributed by atoms with Crippen LogP contribution >= 0.6 is 11.8 Å². The van der Waals surface area contributed by atoms with Crippen LogP contribution in [0.1, 0.15) is 0 Å². The number of nitrogens with zero attached hydrogens (tertiary/aromatic N) is 4. The molecule has 6 nitrogen and oxygen atoms in total. The molecular weight excluding hydrogens is 310 g/mol. The highest BCUT2D eigenvalue weighted by Crippen LogP contribution is 2.26. The van der Waals surface area contributed by atoms with Gasteiger partial charge < -0.3 is 10.2 Å². The summed E-state index contributed by atoms with van der Waals surface area (Å²) in [4.78, 5) is 5.67. The predicted octanol–water partition coefficient (Wildman–Crippen LogP) is 3.38. The van der Waals surface area contributed by atoms with Crippen molar-refractivity contribution in [2.45, 2.75) is 4.90 Å². The minimum atomic E-state index is 0.0567. The average Bonchev–Trinajstić information content (AvgIpc) is 3.20. The Morgan fingerprint density at radius 1 is 1.09 bits per heavy atom. The van der Waals surface area contributed by atoms with E-state index in [1.165, 1.54) is 4.90 Å². The molecular formula is C16H13N5OS. The third-order valence-corrected chi connectivity index (χ3v) is 4.33. The standard InChI is InChI=1S/C16H13N5OS/c1-23-12-5-3-11(4-6-12)21-9-18-13-7-2-10(8-14(13)21)15-19-20-16(17)22-15/h2-9H,1H3,(H2,17,20). The lowest BCUT2D eigenvalue weighted by Gasteiger charge is -2.06. The number of hydrogen-bond donors (Lipinski definition) is 1. The summed E-state index contributed by atoms with van der Waals surface area (Å²) >= 11 is 1.72. The van der Waals surface area contributed by atoms with E-state index in [1.54, 1.807) is 11.8 Å². The molecule has 0 fully saturated rings. The molecule has 0 bridgehead atoms. The molecule has 7 heteroatoms. The van der Waals surface area contributed by atoms with Crippen molar-refractivity contribution in [2.24, 2.45) is 0 Å². The quantitative estimate of drug-likeness (QED) is 0.582. The van der Waals surface area contributed by atoms with E-state index in [0.717, 1.165) is 22.3 Å². The zero-order valence-corrected chi connectivity index (χ0v) is 13.1. The van der Waals surface area contributed by atoms with Crippen molar-refractivity contribution in [1.29, 1.82) is 0 Å². The van der Waals surface area contributed by atoms with Crippen LogP contribution < -0.4 is 5.73 Å². The fourth-order valence-electron chi connectivity index (χ4n) is 2.44. The Kier molecular flexibility index (Phi) is 3.27. The predicted molar refractivity (Wildman–Crippen MR) is 90.6 cm³/mol. The highest BCUT2D eigenvalue weighted by atomic mass is 32.2. The van der Waals surface area contributed by atoms with Gasteiger partial charge in [0, 0.05) is 16.1 Å². The smallest absolute Gasteiger partial charge is 0.313 e. The molecule has 2 aromatic carbocycles. The molecule has 0 radical (unpaired) electrons. The number of imidazole rings is 1. The molecule has 0 unspecified atom stereocenters. The fraction of sp³-hybridized carbons (Fsp3) is 0.0625. The normalized spacial score (nSPS) is 11.2. The van der Waals surface area contributed by atoms with Crippen molar-refractivity contribution >= 4 is 28.8 Å². The third kappa shape index (κ3) is 2.44. The Morgan fingerprint density at radius 3 is 2.61 bits per heavy atom. The van der Waals surface area contributed by atoms with E-state index in [-0.39, 0.29) is 6.01 Å². The molecule has 2 aromatic heterocycles. The van der Waals surface area contributed by atoms with Crippen LogP contribution in [0.2, 0.25) is 0 Å². The topological polar surface area (TPSA) is 82.8 Å². The summed E-state index contributed by atoms with van der Waals surface area (Å²) in [7, 11) is 0. The number of nitrogens with two attached hydrogens (primary N) is 1. The van der Waals surface area contributed by atoms with Gasteiger partial charge in [-0.05, 0) is 48.7 Å². The number of benzene rings is 2. The summed E-state index contributed by atoms with van der Waals surface area (Å²) in [6, 6.07) is 14.2. The van der Waals surface area contributed by atoms with Crippen molar-refractivity contribution < 1.29 is 4.42 Å². The Bertz CT molecular complexity index is 974. The maximum absolute atomic E-state index is 5.50. The Morgan fingerprint density at radius 2 is 1.91 bits per heavy atom. The first-order valence-electron chi connectivity index (χ1n) is 6.95. The van der Waals surface area contributed by atoms with E-state index in [2.05, 4.69) is 45.7 Å². The zero-order valence-electron chi connectivity index (χ0n) is 12.3. The van der Waals surface area contributed by atoms with E-state index in [4.69, 9.17) is 10.2 Å². The molecule has 2 N–H and O–H groups in total. The summed E-state index contributed by atoms with van der Waals surface area (Å²) in [5.41, 5.74) is 9.22. The second kappa shape index (κ2) is 5.44. The number of anilines is 1. The molecule has 0 aliphatic heterocycles. The first-order valence-corrected chi connectivity index (χ1v) is 8.18. The van der Waals surface area contributed by atoms with Crippen molar-refractivity contribution in [3.05, 3.63) is 48.8 Å². The molecule has 0 saturated heterocycles. The molecule has 2 heterocycles. The van der Waals surface area contributed by atoms with Gasteiger partial charge in [0.15, 0.2) is 0 Å². The van der Waals surface area contributed by atoms with Crippen LogP contribution in [-0.4, -0.2) is 26.0 Å². The molecule has 0 amide bonds. The summed E-state index contributed by atoms with van der Waals surface area (Å²) < 4.78 is 7.32. The van der Waals surface area contributed by atoms with Crippen LogP contribution in [0.3, 0.4) is 0 Å². The number of thioether (sulfide) groups is 1. The van der Waals surface area contributed by atoms with Gasteiger partial charge in [-0.3, -0.25) is 4.57 Å². The SMILES string of the molecule is CSc1ccc(-n2cnc3ccc(-c4nnc(N)o4)cc32)cc1. The van der Waals surface area contributed by atoms with Gasteiger partial charge >= 0.3 is 6.01 Å². The number of fused-ring (bicyclic) bond motifs is 1. The maximum Gasteiger partial charge on any atom is 0.313 e. The fourth-order valence-corrected chi connectivity index (χ4v) is 2.85. The average molecular weight is 323 g/mol. The first-order chi connectivity index (χ1) is 11.2. The van der Waals surface area contributed by atoms with Gasteiger partial charge in [-0.15, -0.1) is 16.9 Å². The van der Waals surface area contributed by atoms with E-state index in [0.29, 0.717) is 5.89 Å². The summed E-state index contributed by atoms with van der Waals surface area (Å²) in [6.07, 6.45) is 3.87. The largest absolute Gasteiger partial charge is 0.404 e. The maximum atomic E-state index is 5.50. The Balaban J connectivity index is 1.83. The van der Waals surface area contributed by atoms with Crippen molar-refractivity contribution in [3.8, 4) is 17.1 Å². The molecule has 4 rings (SSSR count). The van der Waals surface area contributed by atoms with Gasteiger partial charge in [-0.25, -0.2) is 4.98 Å². The zero-order chi connectivity index (χ0) is 15.8. The van der Waals surface area contributed by atoms with E-state index >= 15 is 0 Å².